The van der Waals surface area contributed by atoms with E-state index in [0.29, 0.717) is 6.04 Å². The van der Waals surface area contributed by atoms with Crippen LogP contribution >= 0.6 is 0 Å². The van der Waals surface area contributed by atoms with Gasteiger partial charge in [0.05, 0.1) is 0 Å². The highest BCUT2D eigenvalue weighted by Gasteiger charge is 2.20. The molecule has 0 spiro atoms. The highest BCUT2D eigenvalue weighted by molar-refractivity contribution is 5.61. The third kappa shape index (κ3) is 2.09. The maximum absolute atomic E-state index is 4.45. The zero-order valence-electron chi connectivity index (χ0n) is 10.4. The molecule has 1 fully saturated rings. The molecule has 2 N–H and O–H groups in total. The lowest BCUT2D eigenvalue weighted by Gasteiger charge is -2.23. The van der Waals surface area contributed by atoms with Crippen LogP contribution in [0, 0.1) is 0 Å². The van der Waals surface area contributed by atoms with Gasteiger partial charge in [-0.15, -0.1) is 0 Å². The minimum Gasteiger partial charge on any atom is -0.367 e. The molecule has 0 aromatic carbocycles. The molecule has 2 aromatic heterocycles. The Morgan fingerprint density at radius 1 is 1.28 bits per heavy atom. The van der Waals surface area contributed by atoms with Gasteiger partial charge < -0.3 is 15.2 Å². The van der Waals surface area contributed by atoms with Gasteiger partial charge in [0.1, 0.15) is 0 Å². The van der Waals surface area contributed by atoms with Crippen LogP contribution in [0.2, 0.25) is 0 Å². The van der Waals surface area contributed by atoms with Gasteiger partial charge in [0.15, 0.2) is 0 Å². The predicted octanol–water partition coefficient (Wildman–Crippen LogP) is 1.27. The molecule has 3 heterocycles. The highest BCUT2D eigenvalue weighted by Crippen LogP contribution is 2.19. The van der Waals surface area contributed by atoms with E-state index in [1.165, 1.54) is 0 Å². The van der Waals surface area contributed by atoms with Crippen LogP contribution in [0.15, 0.2) is 30.9 Å². The Morgan fingerprint density at radius 2 is 2.11 bits per heavy atom. The molecule has 18 heavy (non-hydrogen) atoms. The van der Waals surface area contributed by atoms with Gasteiger partial charge in [-0.3, -0.25) is 0 Å². The van der Waals surface area contributed by atoms with Crippen LogP contribution in [-0.2, 0) is 0 Å². The minimum atomic E-state index is 0.503. The van der Waals surface area contributed by atoms with Crippen molar-refractivity contribution in [1.82, 2.24) is 20.3 Å². The Kier molecular flexibility index (Phi) is 2.98. The second-order valence-electron chi connectivity index (χ2n) is 4.63. The third-order valence-corrected chi connectivity index (χ3v) is 3.47. The van der Waals surface area contributed by atoms with Gasteiger partial charge >= 0.3 is 0 Å². The first-order chi connectivity index (χ1) is 8.84. The Labute approximate surface area is 106 Å². The van der Waals surface area contributed by atoms with Crippen LogP contribution in [-0.4, -0.2) is 41.1 Å². The van der Waals surface area contributed by atoms with Crippen molar-refractivity contribution in [3.05, 3.63) is 30.9 Å². The second kappa shape index (κ2) is 4.78. The summed E-state index contributed by atoms with van der Waals surface area (Å²) in [5.41, 5.74) is 2.16. The van der Waals surface area contributed by atoms with Crippen molar-refractivity contribution in [3.8, 4) is 11.1 Å². The fourth-order valence-electron chi connectivity index (χ4n) is 2.29. The summed E-state index contributed by atoms with van der Waals surface area (Å²) >= 11 is 0. The lowest BCUT2D eigenvalue weighted by atomic mass is 10.2. The molecule has 94 valence electrons. The Hall–Kier alpha value is -1.88. The van der Waals surface area contributed by atoms with E-state index in [2.05, 4.69) is 32.2 Å². The number of nitrogens with one attached hydrogen (secondary N) is 2. The number of hydrogen-bond donors (Lipinski definition) is 2. The number of rotatable bonds is 3. The summed E-state index contributed by atoms with van der Waals surface area (Å²) in [5.74, 6) is 0.794. The van der Waals surface area contributed by atoms with E-state index in [-0.39, 0.29) is 0 Å². The maximum atomic E-state index is 4.45. The molecule has 1 unspecified atom stereocenters. The molecule has 0 aliphatic carbocycles. The standard InChI is InChI=1S/C13H17N5/c1-18(12-3-5-15-9-12)13-16-7-11(8-17-13)10-2-4-14-6-10/h2,4,6-8,12,14-15H,3,5,9H2,1H3. The molecular formula is C13H17N5. The molecule has 1 aliphatic rings. The number of likely N-dealkylation sites (N-methyl/N-ethyl adjacent to an activating group) is 1. The molecule has 0 amide bonds. The van der Waals surface area contributed by atoms with Gasteiger partial charge in [0, 0.05) is 55.5 Å². The normalized spacial score (nSPS) is 19.1. The Balaban J connectivity index is 1.78. The van der Waals surface area contributed by atoms with Crippen molar-refractivity contribution >= 4 is 5.95 Å². The number of aromatic amines is 1. The van der Waals surface area contributed by atoms with Crippen LogP contribution < -0.4 is 10.2 Å². The average molecular weight is 243 g/mol. The first-order valence-electron chi connectivity index (χ1n) is 6.23. The monoisotopic (exact) mass is 243 g/mol. The number of hydrogen-bond acceptors (Lipinski definition) is 4. The molecule has 0 radical (unpaired) electrons. The Morgan fingerprint density at radius 3 is 2.72 bits per heavy atom. The SMILES string of the molecule is CN(c1ncc(-c2cc[nH]c2)cn1)C1CCNC1. The van der Waals surface area contributed by atoms with Crippen molar-refractivity contribution in [2.75, 3.05) is 25.0 Å². The topological polar surface area (TPSA) is 56.8 Å². The summed E-state index contributed by atoms with van der Waals surface area (Å²) < 4.78 is 0. The zero-order chi connectivity index (χ0) is 12.4. The first-order valence-corrected chi connectivity index (χ1v) is 6.23. The van der Waals surface area contributed by atoms with E-state index < -0.39 is 0 Å². The lowest BCUT2D eigenvalue weighted by molar-refractivity contribution is 0.668. The van der Waals surface area contributed by atoms with E-state index in [1.807, 2.05) is 30.9 Å². The summed E-state index contributed by atoms with van der Waals surface area (Å²) in [7, 11) is 2.06. The fourth-order valence-corrected chi connectivity index (χ4v) is 2.29. The quantitative estimate of drug-likeness (QED) is 0.852. The van der Waals surface area contributed by atoms with Gasteiger partial charge in [-0.05, 0) is 19.0 Å². The minimum absolute atomic E-state index is 0.503. The third-order valence-electron chi connectivity index (χ3n) is 3.47. The number of anilines is 1. The first kappa shape index (κ1) is 11.2. The molecule has 3 rings (SSSR count). The van der Waals surface area contributed by atoms with Crippen molar-refractivity contribution < 1.29 is 0 Å². The van der Waals surface area contributed by atoms with Gasteiger partial charge in [-0.1, -0.05) is 0 Å². The number of nitrogens with zero attached hydrogens (tertiary/aromatic N) is 3. The van der Waals surface area contributed by atoms with E-state index in [1.54, 1.807) is 0 Å². The molecule has 1 aliphatic heterocycles. The van der Waals surface area contributed by atoms with Crippen LogP contribution in [0.5, 0.6) is 0 Å². The molecule has 5 heteroatoms. The molecule has 1 atom stereocenters. The lowest BCUT2D eigenvalue weighted by Crippen LogP contribution is -2.34. The van der Waals surface area contributed by atoms with E-state index in [4.69, 9.17) is 0 Å². The van der Waals surface area contributed by atoms with Gasteiger partial charge in [-0.25, -0.2) is 9.97 Å². The smallest absolute Gasteiger partial charge is 0.225 e. The van der Waals surface area contributed by atoms with Gasteiger partial charge in [0.2, 0.25) is 5.95 Å². The van der Waals surface area contributed by atoms with Crippen LogP contribution in [0.4, 0.5) is 5.95 Å². The molecule has 1 saturated heterocycles. The van der Waals surface area contributed by atoms with Crippen molar-refractivity contribution in [2.24, 2.45) is 0 Å². The summed E-state index contributed by atoms with van der Waals surface area (Å²) in [6.45, 7) is 2.09. The molecule has 5 nitrogen and oxygen atoms in total. The second-order valence-corrected chi connectivity index (χ2v) is 4.63. The molecule has 0 saturated carbocycles. The van der Waals surface area contributed by atoms with Crippen LogP contribution in [0.1, 0.15) is 6.42 Å². The van der Waals surface area contributed by atoms with Crippen LogP contribution in [0.25, 0.3) is 11.1 Å². The fraction of sp³-hybridized carbons (Fsp3) is 0.385. The van der Waals surface area contributed by atoms with E-state index >= 15 is 0 Å². The average Bonchev–Trinajstić information content (AvgIpc) is 3.11. The van der Waals surface area contributed by atoms with Crippen molar-refractivity contribution in [1.29, 1.82) is 0 Å². The van der Waals surface area contributed by atoms with Gasteiger partial charge in [0.25, 0.3) is 0 Å². The predicted molar refractivity (Wildman–Crippen MR) is 71.5 cm³/mol. The highest BCUT2D eigenvalue weighted by atomic mass is 15.3. The Bertz CT molecular complexity index is 485. The molecule has 0 bridgehead atoms. The zero-order valence-corrected chi connectivity index (χ0v) is 10.4. The summed E-state index contributed by atoms with van der Waals surface area (Å²) in [5, 5.41) is 3.36. The molecular weight excluding hydrogens is 226 g/mol. The summed E-state index contributed by atoms with van der Waals surface area (Å²) in [6, 6.07) is 2.52. The summed E-state index contributed by atoms with van der Waals surface area (Å²) in [6.07, 6.45) is 8.76. The van der Waals surface area contributed by atoms with Crippen molar-refractivity contribution in [3.63, 3.8) is 0 Å². The van der Waals surface area contributed by atoms with E-state index in [0.717, 1.165) is 36.6 Å². The maximum Gasteiger partial charge on any atom is 0.225 e. The summed E-state index contributed by atoms with van der Waals surface area (Å²) in [4.78, 5) is 14.1. The van der Waals surface area contributed by atoms with Crippen molar-refractivity contribution in [2.45, 2.75) is 12.5 Å². The number of H-pyrrole nitrogens is 1. The number of aromatic nitrogens is 3. The molecule has 2 aromatic rings. The van der Waals surface area contributed by atoms with E-state index in [9.17, 15) is 0 Å². The van der Waals surface area contributed by atoms with Crippen LogP contribution in [0.3, 0.4) is 0 Å². The van der Waals surface area contributed by atoms with Gasteiger partial charge in [-0.2, -0.15) is 0 Å². The largest absolute Gasteiger partial charge is 0.367 e.